The maximum atomic E-state index is 13.2. The van der Waals surface area contributed by atoms with Gasteiger partial charge >= 0.3 is 6.18 Å². The Morgan fingerprint density at radius 1 is 1.30 bits per heavy atom. The molecule has 6 nitrogen and oxygen atoms in total. The zero-order chi connectivity index (χ0) is 21.1. The third-order valence-corrected chi connectivity index (χ3v) is 7.41. The fourth-order valence-electron chi connectivity index (χ4n) is 3.90. The van der Waals surface area contributed by atoms with Gasteiger partial charge in [-0.05, 0) is 30.9 Å². The van der Waals surface area contributed by atoms with Gasteiger partial charge in [0, 0.05) is 38.3 Å². The smallest absolute Gasteiger partial charge is 0.381 e. The van der Waals surface area contributed by atoms with Crippen molar-refractivity contribution in [3.05, 3.63) is 35.4 Å². The van der Waals surface area contributed by atoms with Crippen molar-refractivity contribution >= 4 is 39.8 Å². The number of hydrogen-bond donors (Lipinski definition) is 2. The Balaban J connectivity index is 0.00000320. The minimum Gasteiger partial charge on any atom is -0.381 e. The molecule has 0 radical (unpaired) electrons. The van der Waals surface area contributed by atoms with E-state index in [1.54, 1.807) is 13.1 Å². The van der Waals surface area contributed by atoms with Crippen molar-refractivity contribution in [2.24, 2.45) is 4.99 Å². The molecular formula is C19H27F3IN3O3S. The van der Waals surface area contributed by atoms with Crippen molar-refractivity contribution in [1.82, 2.24) is 10.6 Å². The Bertz CT molecular complexity index is 856. The molecular weight excluding hydrogens is 534 g/mol. The molecule has 1 aromatic rings. The Morgan fingerprint density at radius 3 is 2.57 bits per heavy atom. The van der Waals surface area contributed by atoms with E-state index in [9.17, 15) is 21.6 Å². The van der Waals surface area contributed by atoms with Crippen LogP contribution in [0.2, 0.25) is 0 Å². The van der Waals surface area contributed by atoms with Crippen LogP contribution in [-0.4, -0.2) is 58.7 Å². The van der Waals surface area contributed by atoms with Gasteiger partial charge in [-0.15, -0.1) is 24.0 Å². The molecule has 1 unspecified atom stereocenters. The van der Waals surface area contributed by atoms with E-state index in [1.165, 1.54) is 12.1 Å². The molecule has 2 saturated heterocycles. The van der Waals surface area contributed by atoms with Crippen LogP contribution in [0.25, 0.3) is 0 Å². The molecule has 0 aromatic heterocycles. The van der Waals surface area contributed by atoms with Crippen LogP contribution in [0, 0.1) is 0 Å². The third kappa shape index (κ3) is 6.22. The number of benzene rings is 1. The highest BCUT2D eigenvalue weighted by Crippen LogP contribution is 2.37. The van der Waals surface area contributed by atoms with Crippen LogP contribution in [0.4, 0.5) is 13.2 Å². The summed E-state index contributed by atoms with van der Waals surface area (Å²) in [5.41, 5.74) is -0.583. The maximum absolute atomic E-state index is 13.2. The summed E-state index contributed by atoms with van der Waals surface area (Å²) in [6, 6.07) is 5.23. The summed E-state index contributed by atoms with van der Waals surface area (Å²) in [7, 11) is -1.44. The van der Waals surface area contributed by atoms with E-state index in [0.29, 0.717) is 50.5 Å². The lowest BCUT2D eigenvalue weighted by Crippen LogP contribution is -2.50. The second kappa shape index (κ2) is 10.0. The fourth-order valence-corrected chi connectivity index (χ4v) is 5.58. The number of alkyl halides is 3. The van der Waals surface area contributed by atoms with Crippen LogP contribution in [0.5, 0.6) is 0 Å². The summed E-state index contributed by atoms with van der Waals surface area (Å²) in [5, 5.41) is 6.31. The topological polar surface area (TPSA) is 79.8 Å². The van der Waals surface area contributed by atoms with Gasteiger partial charge in [-0.25, -0.2) is 8.42 Å². The quantitative estimate of drug-likeness (QED) is 0.336. The normalized spacial score (nSPS) is 23.5. The number of sulfone groups is 1. The first kappa shape index (κ1) is 25.2. The van der Waals surface area contributed by atoms with Crippen LogP contribution in [0.3, 0.4) is 0 Å². The molecule has 0 amide bonds. The number of nitrogens with zero attached hydrogens (tertiary/aromatic N) is 1. The molecule has 30 heavy (non-hydrogen) atoms. The van der Waals surface area contributed by atoms with Crippen LogP contribution in [-0.2, 0) is 26.2 Å². The van der Waals surface area contributed by atoms with Crippen molar-refractivity contribution < 1.29 is 26.3 Å². The summed E-state index contributed by atoms with van der Waals surface area (Å²) >= 11 is 0. The zero-order valence-corrected chi connectivity index (χ0v) is 19.8. The van der Waals surface area contributed by atoms with E-state index in [-0.39, 0.29) is 41.5 Å². The highest BCUT2D eigenvalue weighted by Gasteiger charge is 2.38. The van der Waals surface area contributed by atoms with Crippen molar-refractivity contribution in [1.29, 1.82) is 0 Å². The summed E-state index contributed by atoms with van der Waals surface area (Å²) in [6.45, 7) is 1.30. The molecule has 2 N–H and O–H groups in total. The lowest BCUT2D eigenvalue weighted by Gasteiger charge is -2.38. The van der Waals surface area contributed by atoms with Gasteiger partial charge in [0.05, 0.1) is 17.1 Å². The first-order valence-electron chi connectivity index (χ1n) is 9.57. The Labute approximate surface area is 192 Å². The van der Waals surface area contributed by atoms with Crippen LogP contribution in [0.15, 0.2) is 29.3 Å². The minimum absolute atomic E-state index is 0. The Morgan fingerprint density at radius 2 is 2.00 bits per heavy atom. The van der Waals surface area contributed by atoms with Gasteiger partial charge in [-0.1, -0.05) is 18.2 Å². The molecule has 2 aliphatic rings. The van der Waals surface area contributed by atoms with Crippen molar-refractivity contribution in [3.63, 3.8) is 0 Å². The molecule has 2 aliphatic heterocycles. The van der Waals surface area contributed by atoms with E-state index >= 15 is 0 Å². The number of nitrogens with one attached hydrogen (secondary N) is 2. The number of aliphatic imine (C=N–C) groups is 1. The molecule has 2 heterocycles. The highest BCUT2D eigenvalue weighted by molar-refractivity contribution is 14.0. The van der Waals surface area contributed by atoms with Crippen LogP contribution >= 0.6 is 24.0 Å². The second-order valence-corrected chi connectivity index (χ2v) is 9.87. The number of halogens is 4. The lowest BCUT2D eigenvalue weighted by atomic mass is 9.73. The Kier molecular flexibility index (Phi) is 8.42. The zero-order valence-electron chi connectivity index (χ0n) is 16.7. The molecule has 0 aliphatic carbocycles. The molecule has 1 aromatic carbocycles. The van der Waals surface area contributed by atoms with Crippen molar-refractivity contribution in [2.45, 2.75) is 36.9 Å². The molecule has 11 heteroatoms. The summed E-state index contributed by atoms with van der Waals surface area (Å²) in [5.74, 6) is 0.651. The lowest BCUT2D eigenvalue weighted by molar-refractivity contribution is -0.137. The second-order valence-electron chi connectivity index (χ2n) is 7.64. The predicted octanol–water partition coefficient (Wildman–Crippen LogP) is 2.72. The van der Waals surface area contributed by atoms with Gasteiger partial charge in [0.15, 0.2) is 15.8 Å². The summed E-state index contributed by atoms with van der Waals surface area (Å²) in [4.78, 5) is 4.15. The Hall–Kier alpha value is -1.08. The number of guanidine groups is 1. The van der Waals surface area contributed by atoms with Gasteiger partial charge in [-0.2, -0.15) is 13.2 Å². The SMILES string of the molecule is CN=C(NCC1(c2cccc(C(F)(F)F)c2)CCOCC1)NC1CCS(=O)(=O)C1.I. The van der Waals surface area contributed by atoms with E-state index in [0.717, 1.165) is 6.07 Å². The summed E-state index contributed by atoms with van der Waals surface area (Å²) in [6.07, 6.45) is -2.73. The first-order valence-corrected chi connectivity index (χ1v) is 11.4. The van der Waals surface area contributed by atoms with Gasteiger partial charge in [0.25, 0.3) is 0 Å². The summed E-state index contributed by atoms with van der Waals surface area (Å²) < 4.78 is 68.4. The molecule has 1 atom stereocenters. The maximum Gasteiger partial charge on any atom is 0.416 e. The number of ether oxygens (including phenoxy) is 1. The molecule has 2 fully saturated rings. The van der Waals surface area contributed by atoms with Gasteiger partial charge in [-0.3, -0.25) is 4.99 Å². The van der Waals surface area contributed by atoms with E-state index in [4.69, 9.17) is 4.74 Å². The van der Waals surface area contributed by atoms with E-state index in [1.807, 2.05) is 0 Å². The number of rotatable bonds is 4. The first-order chi connectivity index (χ1) is 13.6. The predicted molar refractivity (Wildman–Crippen MR) is 120 cm³/mol. The van der Waals surface area contributed by atoms with Gasteiger partial charge < -0.3 is 15.4 Å². The van der Waals surface area contributed by atoms with Crippen molar-refractivity contribution in [3.8, 4) is 0 Å². The fraction of sp³-hybridized carbons (Fsp3) is 0.632. The number of hydrogen-bond acceptors (Lipinski definition) is 4. The molecule has 0 spiro atoms. The minimum atomic E-state index is -4.40. The average molecular weight is 561 g/mol. The standard InChI is InChI=1S/C19H26F3N3O3S.HI/c1-23-17(25-16-5-10-29(26,27)12-16)24-13-18(6-8-28-9-7-18)14-3-2-4-15(11-14)19(20,21)22;/h2-4,11,16H,5-10,12-13H2,1H3,(H2,23,24,25);1H. The largest absolute Gasteiger partial charge is 0.416 e. The molecule has 3 rings (SSSR count). The third-order valence-electron chi connectivity index (χ3n) is 5.64. The van der Waals surface area contributed by atoms with Crippen molar-refractivity contribution in [2.75, 3.05) is 38.3 Å². The van der Waals surface area contributed by atoms with E-state index < -0.39 is 27.0 Å². The molecule has 0 bridgehead atoms. The highest BCUT2D eigenvalue weighted by atomic mass is 127. The monoisotopic (exact) mass is 561 g/mol. The van der Waals surface area contributed by atoms with Crippen LogP contribution < -0.4 is 10.6 Å². The van der Waals surface area contributed by atoms with Gasteiger partial charge in [0.2, 0.25) is 0 Å². The van der Waals surface area contributed by atoms with E-state index in [2.05, 4.69) is 15.6 Å². The molecule has 170 valence electrons. The molecule has 0 saturated carbocycles. The average Bonchev–Trinajstić information content (AvgIpc) is 3.03. The van der Waals surface area contributed by atoms with Gasteiger partial charge in [0.1, 0.15) is 0 Å². The van der Waals surface area contributed by atoms with Crippen LogP contribution in [0.1, 0.15) is 30.4 Å².